The van der Waals surface area contributed by atoms with Gasteiger partial charge >= 0.3 is 0 Å². The largest absolute Gasteiger partial charge is 0.493 e. The van der Waals surface area contributed by atoms with Crippen molar-refractivity contribution in [2.45, 2.75) is 51.0 Å². The fraction of sp³-hybridized carbons (Fsp3) is 0.385. The molecular weight excluding hydrogens is 514 g/mol. The Balaban J connectivity index is 1.68. The van der Waals surface area contributed by atoms with Gasteiger partial charge in [0.05, 0.1) is 24.0 Å². The number of nitrogens with zero attached hydrogens (tertiary/aromatic N) is 2. The highest BCUT2D eigenvalue weighted by Crippen LogP contribution is 2.35. The van der Waals surface area contributed by atoms with E-state index in [0.29, 0.717) is 45.0 Å². The van der Waals surface area contributed by atoms with Crippen molar-refractivity contribution in [2.24, 2.45) is 0 Å². The minimum Gasteiger partial charge on any atom is -0.493 e. The highest BCUT2D eigenvalue weighted by Gasteiger charge is 2.36. The molecule has 1 aromatic heterocycles. The highest BCUT2D eigenvalue weighted by atomic mass is 35.5. The van der Waals surface area contributed by atoms with E-state index in [-0.39, 0.29) is 44.0 Å². The maximum atomic E-state index is 13.5. The third-order valence-electron chi connectivity index (χ3n) is 6.19. The van der Waals surface area contributed by atoms with Gasteiger partial charge in [-0.3, -0.25) is 13.8 Å². The van der Waals surface area contributed by atoms with Crippen molar-refractivity contribution < 1.29 is 22.7 Å². The van der Waals surface area contributed by atoms with Gasteiger partial charge in [0.15, 0.2) is 0 Å². The van der Waals surface area contributed by atoms with Crippen LogP contribution in [-0.4, -0.2) is 40.7 Å². The summed E-state index contributed by atoms with van der Waals surface area (Å²) in [6.45, 7) is 1.57. The Labute approximate surface area is 217 Å². The van der Waals surface area contributed by atoms with Gasteiger partial charge in [-0.25, -0.2) is 13.8 Å². The number of imidazole rings is 1. The van der Waals surface area contributed by atoms with Crippen LogP contribution in [0, 0.1) is 6.92 Å². The van der Waals surface area contributed by atoms with Crippen LogP contribution in [0.4, 0.5) is 13.2 Å². The van der Waals surface area contributed by atoms with Crippen LogP contribution in [0.1, 0.15) is 48.3 Å². The molecule has 4 rings (SSSR count). The molecule has 1 saturated carbocycles. The van der Waals surface area contributed by atoms with Crippen molar-refractivity contribution in [3.63, 3.8) is 0 Å². The second kappa shape index (κ2) is 11.1. The van der Waals surface area contributed by atoms with Crippen LogP contribution in [0.15, 0.2) is 42.5 Å². The van der Waals surface area contributed by atoms with Crippen LogP contribution >= 0.6 is 23.2 Å². The number of aromatic nitrogens is 2. The molecule has 1 aliphatic carbocycles. The van der Waals surface area contributed by atoms with Gasteiger partial charge in [-0.15, -0.1) is 0 Å². The number of ether oxygens (including phenoxy) is 1. The molecule has 3 aromatic rings. The average Bonchev–Trinajstić information content (AvgIpc) is 3.18. The molecule has 192 valence electrons. The average molecular weight is 540 g/mol. The number of carbonyl (C=O) groups excluding carboxylic acids is 1. The van der Waals surface area contributed by atoms with E-state index in [1.54, 1.807) is 54.0 Å². The lowest BCUT2D eigenvalue weighted by atomic mass is 9.92. The first kappa shape index (κ1) is 26.4. The summed E-state index contributed by atoms with van der Waals surface area (Å²) < 4.78 is 46.8. The molecule has 1 fully saturated rings. The number of halogens is 5. The summed E-state index contributed by atoms with van der Waals surface area (Å²) in [4.78, 5) is 17.8. The molecule has 0 saturated heterocycles. The first-order valence-electron chi connectivity index (χ1n) is 11.7. The summed E-state index contributed by atoms with van der Waals surface area (Å²) in [6.07, 6.45) is 0.211. The predicted molar refractivity (Wildman–Crippen MR) is 135 cm³/mol. The lowest BCUT2D eigenvalue weighted by Gasteiger charge is -2.28. The molecule has 0 unspecified atom stereocenters. The molecule has 0 bridgehead atoms. The summed E-state index contributed by atoms with van der Waals surface area (Å²) in [5.74, 6) is -2.10. The van der Waals surface area contributed by atoms with Gasteiger partial charge in [0.1, 0.15) is 17.3 Å². The monoisotopic (exact) mass is 539 g/mol. The van der Waals surface area contributed by atoms with E-state index in [1.165, 1.54) is 0 Å². The van der Waals surface area contributed by atoms with Crippen LogP contribution in [0.2, 0.25) is 10.0 Å². The third-order valence-corrected chi connectivity index (χ3v) is 6.74. The fourth-order valence-electron chi connectivity index (χ4n) is 4.26. The zero-order valence-electron chi connectivity index (χ0n) is 19.7. The van der Waals surface area contributed by atoms with Crippen molar-refractivity contribution >= 4 is 29.1 Å². The van der Waals surface area contributed by atoms with Crippen molar-refractivity contribution in [1.29, 1.82) is 0 Å². The standard InChI is InChI=1S/C26H26Cl2F3N3O2/c1-16-23(25(35)32-18-9-11-26(30,31)12-10-18)33-24(21-8-3-17(27)15-22(21)28)34(16)19-4-6-20(7-5-19)36-14-2-13-29/h3-8,15,18H,2,9-14H2,1H3,(H,32,35). The fourth-order valence-corrected chi connectivity index (χ4v) is 4.75. The summed E-state index contributed by atoms with van der Waals surface area (Å²) in [7, 11) is 0. The molecule has 1 aliphatic rings. The SMILES string of the molecule is Cc1c(C(=O)NC2CCC(F)(F)CC2)nc(-c2ccc(Cl)cc2Cl)n1-c1ccc(OCCCF)cc1. The number of rotatable bonds is 8. The quantitative estimate of drug-likeness (QED) is 0.308. The van der Waals surface area contributed by atoms with Crippen molar-refractivity contribution in [2.75, 3.05) is 13.3 Å². The number of carbonyl (C=O) groups is 1. The van der Waals surface area contributed by atoms with Crippen LogP contribution in [0.3, 0.4) is 0 Å². The van der Waals surface area contributed by atoms with Gasteiger partial charge in [-0.1, -0.05) is 23.2 Å². The van der Waals surface area contributed by atoms with Gasteiger partial charge in [0.2, 0.25) is 5.92 Å². The summed E-state index contributed by atoms with van der Waals surface area (Å²) in [5, 5.41) is 3.69. The normalized spacial score (nSPS) is 15.6. The zero-order chi connectivity index (χ0) is 25.9. The van der Waals surface area contributed by atoms with Gasteiger partial charge < -0.3 is 10.1 Å². The first-order chi connectivity index (χ1) is 17.2. The first-order valence-corrected chi connectivity index (χ1v) is 12.5. The minimum atomic E-state index is -2.68. The zero-order valence-corrected chi connectivity index (χ0v) is 21.2. The lowest BCUT2D eigenvalue weighted by molar-refractivity contribution is -0.0399. The van der Waals surface area contributed by atoms with Crippen molar-refractivity contribution in [3.05, 3.63) is 63.9 Å². The van der Waals surface area contributed by atoms with E-state index < -0.39 is 18.5 Å². The number of nitrogens with one attached hydrogen (secondary N) is 1. The topological polar surface area (TPSA) is 56.2 Å². The molecule has 36 heavy (non-hydrogen) atoms. The molecule has 5 nitrogen and oxygen atoms in total. The van der Waals surface area contributed by atoms with E-state index in [1.807, 2.05) is 0 Å². The van der Waals surface area contributed by atoms with Crippen LogP contribution in [0.5, 0.6) is 5.75 Å². The third kappa shape index (κ3) is 5.98. The molecule has 0 atom stereocenters. The molecule has 0 radical (unpaired) electrons. The van der Waals surface area contributed by atoms with Crippen molar-refractivity contribution in [1.82, 2.24) is 14.9 Å². The number of alkyl halides is 3. The van der Waals surface area contributed by atoms with E-state index in [4.69, 9.17) is 27.9 Å². The Morgan fingerprint density at radius 1 is 1.17 bits per heavy atom. The number of benzene rings is 2. The Bertz CT molecular complexity index is 1220. The van der Waals surface area contributed by atoms with Crippen molar-refractivity contribution in [3.8, 4) is 22.8 Å². The Kier molecular flexibility index (Phi) is 8.15. The Morgan fingerprint density at radius 2 is 1.86 bits per heavy atom. The molecule has 0 aliphatic heterocycles. The summed E-state index contributed by atoms with van der Waals surface area (Å²) >= 11 is 12.6. The number of hydrogen-bond donors (Lipinski definition) is 1. The lowest BCUT2D eigenvalue weighted by Crippen LogP contribution is -2.40. The highest BCUT2D eigenvalue weighted by molar-refractivity contribution is 6.36. The molecular formula is C26H26Cl2F3N3O2. The van der Waals surface area contributed by atoms with Crippen LogP contribution in [0.25, 0.3) is 17.1 Å². The smallest absolute Gasteiger partial charge is 0.272 e. The molecule has 1 heterocycles. The molecule has 0 spiro atoms. The summed E-state index contributed by atoms with van der Waals surface area (Å²) in [5.41, 5.74) is 2.01. The molecule has 1 amide bonds. The van der Waals surface area contributed by atoms with E-state index in [9.17, 15) is 18.0 Å². The Morgan fingerprint density at radius 3 is 2.50 bits per heavy atom. The molecule has 2 aromatic carbocycles. The maximum absolute atomic E-state index is 13.5. The van der Waals surface area contributed by atoms with Gasteiger partial charge in [-0.05, 0) is 62.2 Å². The van der Waals surface area contributed by atoms with Gasteiger partial charge in [0, 0.05) is 41.6 Å². The number of hydrogen-bond acceptors (Lipinski definition) is 3. The second-order valence-electron chi connectivity index (χ2n) is 8.82. The van der Waals surface area contributed by atoms with E-state index in [2.05, 4.69) is 10.3 Å². The molecule has 10 heteroatoms. The molecule has 1 N–H and O–H groups in total. The maximum Gasteiger partial charge on any atom is 0.272 e. The van der Waals surface area contributed by atoms with Crippen LogP contribution < -0.4 is 10.1 Å². The second-order valence-corrected chi connectivity index (χ2v) is 9.66. The number of amides is 1. The van der Waals surface area contributed by atoms with E-state index in [0.717, 1.165) is 0 Å². The predicted octanol–water partition coefficient (Wildman–Crippen LogP) is 7.20. The van der Waals surface area contributed by atoms with Crippen LogP contribution in [-0.2, 0) is 0 Å². The summed E-state index contributed by atoms with van der Waals surface area (Å²) in [6, 6.07) is 11.8. The van der Waals surface area contributed by atoms with Gasteiger partial charge in [0.25, 0.3) is 5.91 Å². The minimum absolute atomic E-state index is 0.177. The van der Waals surface area contributed by atoms with Gasteiger partial charge in [-0.2, -0.15) is 0 Å². The Hall–Kier alpha value is -2.71. The van der Waals surface area contributed by atoms with E-state index >= 15 is 0 Å².